The maximum atomic E-state index is 13.7. The number of benzene rings is 2. The summed E-state index contributed by atoms with van der Waals surface area (Å²) in [5.41, 5.74) is 1.30. The zero-order valence-corrected chi connectivity index (χ0v) is 12.7. The van der Waals surface area contributed by atoms with E-state index in [4.69, 9.17) is 5.26 Å². The van der Waals surface area contributed by atoms with Gasteiger partial charge in [-0.05, 0) is 53.8 Å². The van der Waals surface area contributed by atoms with E-state index in [1.807, 2.05) is 18.2 Å². The Labute approximate surface area is 129 Å². The van der Waals surface area contributed by atoms with E-state index in [-0.39, 0.29) is 11.5 Å². The van der Waals surface area contributed by atoms with Gasteiger partial charge in [-0.3, -0.25) is 4.79 Å². The van der Waals surface area contributed by atoms with E-state index >= 15 is 0 Å². The van der Waals surface area contributed by atoms with Gasteiger partial charge in [-0.25, -0.2) is 4.39 Å². The molecule has 1 N–H and O–H groups in total. The molecule has 0 aliphatic rings. The molecule has 0 bridgehead atoms. The van der Waals surface area contributed by atoms with Gasteiger partial charge < -0.3 is 5.32 Å². The molecular formula is C15H10FIN2O. The molecule has 0 spiro atoms. The summed E-state index contributed by atoms with van der Waals surface area (Å²) < 4.78 is 14.5. The first kappa shape index (κ1) is 14.5. The van der Waals surface area contributed by atoms with Crippen LogP contribution >= 0.6 is 22.6 Å². The van der Waals surface area contributed by atoms with Crippen LogP contribution in [0.4, 0.5) is 10.1 Å². The second-order valence-corrected chi connectivity index (χ2v) is 5.34. The molecule has 0 aliphatic heterocycles. The Bertz CT molecular complexity index is 722. The van der Waals surface area contributed by atoms with Crippen LogP contribution in [0, 0.1) is 27.6 Å². The summed E-state index contributed by atoms with van der Waals surface area (Å²) in [6.45, 7) is 1.56. The van der Waals surface area contributed by atoms with Crippen molar-refractivity contribution in [2.24, 2.45) is 0 Å². The standard InChI is InChI=1S/C15H10FIN2O/c1-9-12(16)6-10(8-18)7-14(9)19-15(20)11-4-2-3-5-13(11)17/h2-7H,1H3,(H,19,20). The minimum Gasteiger partial charge on any atom is -0.322 e. The molecule has 100 valence electrons. The van der Waals surface area contributed by atoms with Crippen LogP contribution in [0.1, 0.15) is 21.5 Å². The molecule has 2 rings (SSSR count). The number of amides is 1. The largest absolute Gasteiger partial charge is 0.322 e. The van der Waals surface area contributed by atoms with Crippen molar-refractivity contribution in [3.63, 3.8) is 0 Å². The third-order valence-corrected chi connectivity index (χ3v) is 3.78. The van der Waals surface area contributed by atoms with Crippen LogP contribution in [0.15, 0.2) is 36.4 Å². The number of carbonyl (C=O) groups is 1. The molecule has 0 fully saturated rings. The third kappa shape index (κ3) is 2.96. The second kappa shape index (κ2) is 6.01. The molecule has 0 aromatic heterocycles. The van der Waals surface area contributed by atoms with Crippen LogP contribution in [0.5, 0.6) is 0 Å². The van der Waals surface area contributed by atoms with Crippen LogP contribution < -0.4 is 5.32 Å². The molecule has 0 aliphatic carbocycles. The van der Waals surface area contributed by atoms with E-state index in [2.05, 4.69) is 27.9 Å². The lowest BCUT2D eigenvalue weighted by Crippen LogP contribution is -2.14. The van der Waals surface area contributed by atoms with Crippen LogP contribution in [-0.4, -0.2) is 5.91 Å². The highest BCUT2D eigenvalue weighted by Crippen LogP contribution is 2.22. The molecule has 2 aromatic rings. The van der Waals surface area contributed by atoms with Crippen molar-refractivity contribution < 1.29 is 9.18 Å². The minimum absolute atomic E-state index is 0.172. The fraction of sp³-hybridized carbons (Fsp3) is 0.0667. The van der Waals surface area contributed by atoms with Crippen molar-refractivity contribution in [3.05, 3.63) is 62.5 Å². The zero-order valence-electron chi connectivity index (χ0n) is 10.6. The number of hydrogen-bond donors (Lipinski definition) is 1. The van der Waals surface area contributed by atoms with Crippen LogP contribution in [0.3, 0.4) is 0 Å². The second-order valence-electron chi connectivity index (χ2n) is 4.18. The normalized spacial score (nSPS) is 9.90. The highest BCUT2D eigenvalue weighted by Gasteiger charge is 2.13. The summed E-state index contributed by atoms with van der Waals surface area (Å²) in [6.07, 6.45) is 0. The van der Waals surface area contributed by atoms with Gasteiger partial charge in [0.05, 0.1) is 17.2 Å². The average Bonchev–Trinajstić information content (AvgIpc) is 2.43. The van der Waals surface area contributed by atoms with Gasteiger partial charge in [0.1, 0.15) is 5.82 Å². The molecule has 0 saturated carbocycles. The molecule has 0 atom stereocenters. The monoisotopic (exact) mass is 380 g/mol. The van der Waals surface area contributed by atoms with E-state index in [9.17, 15) is 9.18 Å². The van der Waals surface area contributed by atoms with Crippen molar-refractivity contribution in [2.45, 2.75) is 6.92 Å². The molecule has 0 saturated heterocycles. The molecule has 5 heteroatoms. The first-order valence-corrected chi connectivity index (χ1v) is 6.87. The topological polar surface area (TPSA) is 52.9 Å². The van der Waals surface area contributed by atoms with E-state index < -0.39 is 5.82 Å². The van der Waals surface area contributed by atoms with Crippen LogP contribution in [-0.2, 0) is 0 Å². The molecule has 20 heavy (non-hydrogen) atoms. The molecule has 0 unspecified atom stereocenters. The summed E-state index contributed by atoms with van der Waals surface area (Å²) in [7, 11) is 0. The average molecular weight is 380 g/mol. The number of nitrogens with zero attached hydrogens (tertiary/aromatic N) is 1. The van der Waals surface area contributed by atoms with Gasteiger partial charge in [-0.1, -0.05) is 12.1 Å². The Kier molecular flexibility index (Phi) is 4.35. The SMILES string of the molecule is Cc1c(F)cc(C#N)cc1NC(=O)c1ccccc1I. The number of halogens is 2. The maximum absolute atomic E-state index is 13.7. The lowest BCUT2D eigenvalue weighted by molar-refractivity contribution is 0.102. The number of nitrogens with one attached hydrogen (secondary N) is 1. The molecule has 1 amide bonds. The predicted molar refractivity (Wildman–Crippen MR) is 83.0 cm³/mol. The summed E-state index contributed by atoms with van der Waals surface area (Å²) in [5.74, 6) is -0.838. The summed E-state index contributed by atoms with van der Waals surface area (Å²) in [6, 6.07) is 11.6. The highest BCUT2D eigenvalue weighted by atomic mass is 127. The summed E-state index contributed by atoms with van der Waals surface area (Å²) >= 11 is 2.06. The highest BCUT2D eigenvalue weighted by molar-refractivity contribution is 14.1. The molecule has 0 heterocycles. The lowest BCUT2D eigenvalue weighted by atomic mass is 10.1. The van der Waals surface area contributed by atoms with E-state index in [1.54, 1.807) is 19.1 Å². The maximum Gasteiger partial charge on any atom is 0.256 e. The van der Waals surface area contributed by atoms with Crippen LogP contribution in [0.25, 0.3) is 0 Å². The van der Waals surface area contributed by atoms with Crippen molar-refractivity contribution in [2.75, 3.05) is 5.32 Å². The fourth-order valence-corrected chi connectivity index (χ4v) is 2.34. The van der Waals surface area contributed by atoms with E-state index in [0.29, 0.717) is 16.8 Å². The molecule has 2 aromatic carbocycles. The number of nitriles is 1. The van der Waals surface area contributed by atoms with Gasteiger partial charge >= 0.3 is 0 Å². The Hall–Kier alpha value is -1.94. The van der Waals surface area contributed by atoms with Crippen molar-refractivity contribution in [3.8, 4) is 6.07 Å². The predicted octanol–water partition coefficient (Wildman–Crippen LogP) is 3.86. The first-order chi connectivity index (χ1) is 9.52. The minimum atomic E-state index is -0.512. The molecule has 3 nitrogen and oxygen atoms in total. The lowest BCUT2D eigenvalue weighted by Gasteiger charge is -2.10. The Morgan fingerprint density at radius 1 is 1.35 bits per heavy atom. The van der Waals surface area contributed by atoms with E-state index in [0.717, 1.165) is 9.64 Å². The van der Waals surface area contributed by atoms with Crippen LogP contribution in [0.2, 0.25) is 0 Å². The van der Waals surface area contributed by atoms with Gasteiger partial charge in [0.2, 0.25) is 0 Å². The number of rotatable bonds is 2. The quantitative estimate of drug-likeness (QED) is 0.805. The first-order valence-electron chi connectivity index (χ1n) is 5.79. The van der Waals surface area contributed by atoms with Crippen molar-refractivity contribution in [1.29, 1.82) is 5.26 Å². The van der Waals surface area contributed by atoms with Gasteiger partial charge in [0.25, 0.3) is 5.91 Å². The Balaban J connectivity index is 2.36. The third-order valence-electron chi connectivity index (χ3n) is 2.84. The number of carbonyl (C=O) groups excluding carboxylic acids is 1. The van der Waals surface area contributed by atoms with Gasteiger partial charge in [-0.15, -0.1) is 0 Å². The van der Waals surface area contributed by atoms with E-state index in [1.165, 1.54) is 6.07 Å². The van der Waals surface area contributed by atoms with Crippen molar-refractivity contribution >= 4 is 34.2 Å². The zero-order chi connectivity index (χ0) is 14.7. The smallest absolute Gasteiger partial charge is 0.256 e. The molecular weight excluding hydrogens is 370 g/mol. The number of anilines is 1. The summed E-state index contributed by atoms with van der Waals surface area (Å²) in [4.78, 5) is 12.2. The number of hydrogen-bond acceptors (Lipinski definition) is 2. The van der Waals surface area contributed by atoms with Gasteiger partial charge in [-0.2, -0.15) is 5.26 Å². The Morgan fingerprint density at radius 3 is 2.70 bits per heavy atom. The van der Waals surface area contributed by atoms with Crippen molar-refractivity contribution in [1.82, 2.24) is 0 Å². The van der Waals surface area contributed by atoms with Gasteiger partial charge in [0.15, 0.2) is 0 Å². The molecule has 0 radical (unpaired) electrons. The fourth-order valence-electron chi connectivity index (χ4n) is 1.71. The Morgan fingerprint density at radius 2 is 2.05 bits per heavy atom. The van der Waals surface area contributed by atoms with Gasteiger partial charge in [0, 0.05) is 14.8 Å². The summed E-state index contributed by atoms with van der Waals surface area (Å²) in [5, 5.41) is 11.5.